The first-order valence-electron chi connectivity index (χ1n) is 5.68. The van der Waals surface area contributed by atoms with Crippen molar-refractivity contribution < 1.29 is 4.74 Å². The number of para-hydroxylation sites is 1. The van der Waals surface area contributed by atoms with Gasteiger partial charge in [-0.2, -0.15) is 0 Å². The quantitative estimate of drug-likeness (QED) is 0.873. The van der Waals surface area contributed by atoms with Crippen molar-refractivity contribution in [3.63, 3.8) is 0 Å². The van der Waals surface area contributed by atoms with Gasteiger partial charge in [0.1, 0.15) is 6.61 Å². The lowest BCUT2D eigenvalue weighted by atomic mass is 10.2. The summed E-state index contributed by atoms with van der Waals surface area (Å²) in [6, 6.07) is 10.0. The summed E-state index contributed by atoms with van der Waals surface area (Å²) in [5.74, 6) is 0.621. The van der Waals surface area contributed by atoms with E-state index in [1.807, 2.05) is 35.9 Å². The Morgan fingerprint density at radius 1 is 1.29 bits per heavy atom. The molecule has 0 unspecified atom stereocenters. The van der Waals surface area contributed by atoms with E-state index in [9.17, 15) is 0 Å². The molecule has 4 heteroatoms. The second kappa shape index (κ2) is 5.01. The van der Waals surface area contributed by atoms with E-state index >= 15 is 0 Å². The highest BCUT2D eigenvalue weighted by molar-refractivity contribution is 5.41. The van der Waals surface area contributed by atoms with E-state index in [4.69, 9.17) is 10.5 Å². The summed E-state index contributed by atoms with van der Waals surface area (Å²) in [4.78, 5) is 0. The molecule has 2 aromatic rings. The number of nitrogens with two attached hydrogens (primary N) is 1. The highest BCUT2D eigenvalue weighted by Gasteiger charge is 2.08. The van der Waals surface area contributed by atoms with E-state index in [1.54, 1.807) is 0 Å². The van der Waals surface area contributed by atoms with Crippen molar-refractivity contribution in [2.45, 2.75) is 13.8 Å². The van der Waals surface area contributed by atoms with Gasteiger partial charge in [-0.15, -0.1) is 5.10 Å². The van der Waals surface area contributed by atoms with E-state index in [0.717, 1.165) is 11.4 Å². The van der Waals surface area contributed by atoms with Gasteiger partial charge in [0.05, 0.1) is 5.69 Å². The molecule has 1 heterocycles. The second-order valence-electron chi connectivity index (χ2n) is 3.96. The van der Waals surface area contributed by atoms with Crippen molar-refractivity contribution in [2.75, 3.05) is 13.2 Å². The summed E-state index contributed by atoms with van der Waals surface area (Å²) in [6.07, 6.45) is 0. The molecule has 0 aliphatic carbocycles. The van der Waals surface area contributed by atoms with Crippen LogP contribution in [0.2, 0.25) is 0 Å². The largest absolute Gasteiger partial charge is 0.475 e. The third-order valence-electron chi connectivity index (χ3n) is 2.58. The van der Waals surface area contributed by atoms with E-state index in [2.05, 4.69) is 18.1 Å². The molecule has 1 aromatic carbocycles. The first-order chi connectivity index (χ1) is 8.22. The normalized spacial score (nSPS) is 10.5. The molecule has 0 aliphatic rings. The summed E-state index contributed by atoms with van der Waals surface area (Å²) in [5.41, 5.74) is 8.71. The number of ether oxygens (including phenoxy) is 1. The standard InChI is InChI=1S/C13H17N3O/c1-10-5-3-4-6-12(10)16-11(2)9-13(15-16)17-8-7-14/h3-6,9H,7-8,14H2,1-2H3. The minimum absolute atomic E-state index is 0.490. The second-order valence-corrected chi connectivity index (χ2v) is 3.96. The molecule has 2 N–H and O–H groups in total. The van der Waals surface area contributed by atoms with Gasteiger partial charge in [0.15, 0.2) is 0 Å². The van der Waals surface area contributed by atoms with Gasteiger partial charge in [0.2, 0.25) is 5.88 Å². The molecule has 0 fully saturated rings. The number of aryl methyl sites for hydroxylation is 2. The Kier molecular flexibility index (Phi) is 3.44. The van der Waals surface area contributed by atoms with E-state index in [1.165, 1.54) is 5.56 Å². The summed E-state index contributed by atoms with van der Waals surface area (Å²) >= 11 is 0. The summed E-state index contributed by atoms with van der Waals surface area (Å²) < 4.78 is 7.31. The number of rotatable bonds is 4. The average molecular weight is 231 g/mol. The molecule has 0 saturated carbocycles. The third kappa shape index (κ3) is 2.47. The first kappa shape index (κ1) is 11.7. The van der Waals surface area contributed by atoms with E-state index in [-0.39, 0.29) is 0 Å². The fourth-order valence-corrected chi connectivity index (χ4v) is 1.73. The molecule has 0 aliphatic heterocycles. The molecular formula is C13H17N3O. The van der Waals surface area contributed by atoms with Crippen LogP contribution in [0.1, 0.15) is 11.3 Å². The topological polar surface area (TPSA) is 53.1 Å². The zero-order valence-electron chi connectivity index (χ0n) is 10.2. The Morgan fingerprint density at radius 3 is 2.76 bits per heavy atom. The van der Waals surface area contributed by atoms with Gasteiger partial charge in [0.25, 0.3) is 0 Å². The van der Waals surface area contributed by atoms with Gasteiger partial charge in [-0.25, -0.2) is 4.68 Å². The molecular weight excluding hydrogens is 214 g/mol. The van der Waals surface area contributed by atoms with Gasteiger partial charge >= 0.3 is 0 Å². The van der Waals surface area contributed by atoms with Crippen LogP contribution in [-0.2, 0) is 0 Å². The Balaban J connectivity index is 2.33. The Morgan fingerprint density at radius 2 is 2.06 bits per heavy atom. The molecule has 0 amide bonds. The van der Waals surface area contributed by atoms with Crippen molar-refractivity contribution in [2.24, 2.45) is 5.73 Å². The monoisotopic (exact) mass is 231 g/mol. The van der Waals surface area contributed by atoms with E-state index < -0.39 is 0 Å². The van der Waals surface area contributed by atoms with Crippen molar-refractivity contribution in [1.82, 2.24) is 9.78 Å². The summed E-state index contributed by atoms with van der Waals surface area (Å²) in [6.45, 7) is 5.06. The molecule has 0 atom stereocenters. The number of nitrogens with zero attached hydrogens (tertiary/aromatic N) is 2. The molecule has 0 radical (unpaired) electrons. The van der Waals surface area contributed by atoms with E-state index in [0.29, 0.717) is 19.0 Å². The lowest BCUT2D eigenvalue weighted by molar-refractivity contribution is 0.313. The average Bonchev–Trinajstić information content (AvgIpc) is 2.68. The Labute approximate surface area is 101 Å². The molecule has 4 nitrogen and oxygen atoms in total. The van der Waals surface area contributed by atoms with Crippen LogP contribution < -0.4 is 10.5 Å². The van der Waals surface area contributed by atoms with Crippen molar-refractivity contribution in [1.29, 1.82) is 0 Å². The van der Waals surface area contributed by atoms with Crippen LogP contribution in [0.3, 0.4) is 0 Å². The van der Waals surface area contributed by atoms with Crippen LogP contribution in [-0.4, -0.2) is 22.9 Å². The molecule has 0 spiro atoms. The number of hydrogen-bond donors (Lipinski definition) is 1. The number of aromatic nitrogens is 2. The zero-order chi connectivity index (χ0) is 12.3. The van der Waals surface area contributed by atoms with Crippen LogP contribution in [0, 0.1) is 13.8 Å². The highest BCUT2D eigenvalue weighted by atomic mass is 16.5. The zero-order valence-corrected chi connectivity index (χ0v) is 10.2. The summed E-state index contributed by atoms with van der Waals surface area (Å²) in [5, 5.41) is 4.42. The fourth-order valence-electron chi connectivity index (χ4n) is 1.73. The molecule has 17 heavy (non-hydrogen) atoms. The van der Waals surface area contributed by atoms with Crippen molar-refractivity contribution >= 4 is 0 Å². The summed E-state index contributed by atoms with van der Waals surface area (Å²) in [7, 11) is 0. The highest BCUT2D eigenvalue weighted by Crippen LogP contribution is 2.19. The maximum atomic E-state index is 5.42. The number of hydrogen-bond acceptors (Lipinski definition) is 3. The lowest BCUT2D eigenvalue weighted by Crippen LogP contribution is -2.11. The minimum atomic E-state index is 0.490. The molecule has 0 bridgehead atoms. The van der Waals surface area contributed by atoms with Crippen LogP contribution in [0.25, 0.3) is 5.69 Å². The maximum Gasteiger partial charge on any atom is 0.233 e. The van der Waals surface area contributed by atoms with Crippen LogP contribution in [0.15, 0.2) is 30.3 Å². The van der Waals surface area contributed by atoms with Gasteiger partial charge in [-0.05, 0) is 25.5 Å². The van der Waals surface area contributed by atoms with Gasteiger partial charge in [-0.3, -0.25) is 0 Å². The van der Waals surface area contributed by atoms with Crippen LogP contribution in [0.5, 0.6) is 5.88 Å². The Bertz CT molecular complexity index is 505. The molecule has 1 aromatic heterocycles. The van der Waals surface area contributed by atoms with Crippen LogP contribution in [0.4, 0.5) is 0 Å². The maximum absolute atomic E-state index is 5.42. The van der Waals surface area contributed by atoms with Gasteiger partial charge in [-0.1, -0.05) is 18.2 Å². The molecule has 0 saturated heterocycles. The smallest absolute Gasteiger partial charge is 0.233 e. The van der Waals surface area contributed by atoms with Crippen LogP contribution >= 0.6 is 0 Å². The minimum Gasteiger partial charge on any atom is -0.475 e. The molecule has 90 valence electrons. The van der Waals surface area contributed by atoms with Gasteiger partial charge < -0.3 is 10.5 Å². The Hall–Kier alpha value is -1.81. The first-order valence-corrected chi connectivity index (χ1v) is 5.68. The predicted octanol–water partition coefficient (Wildman–Crippen LogP) is 1.83. The van der Waals surface area contributed by atoms with Gasteiger partial charge in [0, 0.05) is 18.3 Å². The predicted molar refractivity (Wildman–Crippen MR) is 67.6 cm³/mol. The third-order valence-corrected chi connectivity index (χ3v) is 2.58. The fraction of sp³-hybridized carbons (Fsp3) is 0.308. The van der Waals surface area contributed by atoms with Crippen molar-refractivity contribution in [3.8, 4) is 11.6 Å². The molecule has 2 rings (SSSR count). The number of benzene rings is 1. The SMILES string of the molecule is Cc1ccccc1-n1nc(OCCN)cc1C. The van der Waals surface area contributed by atoms with Crippen molar-refractivity contribution in [3.05, 3.63) is 41.6 Å². The lowest BCUT2D eigenvalue weighted by Gasteiger charge is -2.07.